The molecule has 3 heteroatoms. The van der Waals surface area contributed by atoms with Gasteiger partial charge in [-0.05, 0) is 42.2 Å². The van der Waals surface area contributed by atoms with E-state index in [0.717, 1.165) is 15.6 Å². The predicted molar refractivity (Wildman–Crippen MR) is 92.0 cm³/mol. The fraction of sp³-hybridized carbons (Fsp3) is 0.333. The molecule has 0 aliphatic heterocycles. The Hall–Kier alpha value is -1.02. The van der Waals surface area contributed by atoms with Crippen molar-refractivity contribution in [1.29, 1.82) is 0 Å². The lowest BCUT2D eigenvalue weighted by molar-refractivity contribution is 0.374. The molecule has 1 N–H and O–H groups in total. The SMILES string of the molecule is CC(NC(c1ccc(Cl)cc1)C(C)C)c1ccccc1Cl. The van der Waals surface area contributed by atoms with Gasteiger partial charge in [0.2, 0.25) is 0 Å². The summed E-state index contributed by atoms with van der Waals surface area (Å²) in [6, 6.07) is 16.5. The van der Waals surface area contributed by atoms with E-state index in [1.165, 1.54) is 5.56 Å². The first-order chi connectivity index (χ1) is 9.99. The van der Waals surface area contributed by atoms with Crippen LogP contribution in [0.3, 0.4) is 0 Å². The standard InChI is InChI=1S/C18H21Cl2N/c1-12(2)18(14-8-10-15(19)11-9-14)21-13(3)16-6-4-5-7-17(16)20/h4-13,18,21H,1-3H3. The zero-order valence-electron chi connectivity index (χ0n) is 12.6. The van der Waals surface area contributed by atoms with Crippen LogP contribution in [-0.2, 0) is 0 Å². The highest BCUT2D eigenvalue weighted by molar-refractivity contribution is 6.31. The smallest absolute Gasteiger partial charge is 0.0453 e. The molecule has 0 heterocycles. The van der Waals surface area contributed by atoms with E-state index < -0.39 is 0 Å². The Morgan fingerprint density at radius 1 is 0.857 bits per heavy atom. The second kappa shape index (κ2) is 7.31. The third kappa shape index (κ3) is 4.23. The summed E-state index contributed by atoms with van der Waals surface area (Å²) >= 11 is 12.3. The van der Waals surface area contributed by atoms with Crippen LogP contribution in [0.4, 0.5) is 0 Å². The van der Waals surface area contributed by atoms with Crippen LogP contribution >= 0.6 is 23.2 Å². The molecule has 2 unspecified atom stereocenters. The highest BCUT2D eigenvalue weighted by atomic mass is 35.5. The van der Waals surface area contributed by atoms with Gasteiger partial charge in [-0.2, -0.15) is 0 Å². The van der Waals surface area contributed by atoms with E-state index in [-0.39, 0.29) is 12.1 Å². The molecule has 0 fully saturated rings. The number of nitrogens with one attached hydrogen (secondary N) is 1. The summed E-state index contributed by atoms with van der Waals surface area (Å²) in [4.78, 5) is 0. The van der Waals surface area contributed by atoms with E-state index >= 15 is 0 Å². The minimum atomic E-state index is 0.182. The summed E-state index contributed by atoms with van der Waals surface area (Å²) < 4.78 is 0. The van der Waals surface area contributed by atoms with Crippen molar-refractivity contribution in [2.45, 2.75) is 32.9 Å². The lowest BCUT2D eigenvalue weighted by atomic mass is 9.94. The van der Waals surface area contributed by atoms with Crippen molar-refractivity contribution < 1.29 is 0 Å². The quantitative estimate of drug-likeness (QED) is 0.707. The van der Waals surface area contributed by atoms with Crippen LogP contribution in [-0.4, -0.2) is 0 Å². The van der Waals surface area contributed by atoms with Gasteiger partial charge in [0.15, 0.2) is 0 Å². The largest absolute Gasteiger partial charge is 0.303 e. The molecule has 1 nitrogen and oxygen atoms in total. The van der Waals surface area contributed by atoms with Crippen LogP contribution in [0.1, 0.15) is 44.0 Å². The first kappa shape index (κ1) is 16.4. The minimum Gasteiger partial charge on any atom is -0.303 e. The van der Waals surface area contributed by atoms with Gasteiger partial charge < -0.3 is 5.32 Å². The summed E-state index contributed by atoms with van der Waals surface area (Å²) in [5, 5.41) is 5.25. The molecule has 0 saturated heterocycles. The van der Waals surface area contributed by atoms with E-state index in [2.05, 4.69) is 44.3 Å². The van der Waals surface area contributed by atoms with Crippen molar-refractivity contribution in [1.82, 2.24) is 5.32 Å². The van der Waals surface area contributed by atoms with E-state index in [0.29, 0.717) is 5.92 Å². The highest BCUT2D eigenvalue weighted by Crippen LogP contribution is 2.29. The molecule has 2 atom stereocenters. The first-order valence-electron chi connectivity index (χ1n) is 7.25. The summed E-state index contributed by atoms with van der Waals surface area (Å²) in [6.07, 6.45) is 0. The fourth-order valence-electron chi connectivity index (χ4n) is 2.53. The zero-order valence-corrected chi connectivity index (χ0v) is 14.1. The Morgan fingerprint density at radius 2 is 1.48 bits per heavy atom. The van der Waals surface area contributed by atoms with Gasteiger partial charge in [0.05, 0.1) is 0 Å². The molecule has 0 amide bonds. The molecular weight excluding hydrogens is 301 g/mol. The van der Waals surface area contributed by atoms with Gasteiger partial charge in [-0.25, -0.2) is 0 Å². The van der Waals surface area contributed by atoms with Crippen LogP contribution in [0.25, 0.3) is 0 Å². The van der Waals surface area contributed by atoms with Crippen LogP contribution in [0.15, 0.2) is 48.5 Å². The maximum atomic E-state index is 6.29. The summed E-state index contributed by atoms with van der Waals surface area (Å²) in [5.41, 5.74) is 2.37. The minimum absolute atomic E-state index is 0.182. The molecule has 112 valence electrons. The Kier molecular flexibility index (Phi) is 5.69. The van der Waals surface area contributed by atoms with Gasteiger partial charge in [0, 0.05) is 22.1 Å². The Morgan fingerprint density at radius 3 is 2.05 bits per heavy atom. The second-order valence-corrected chi connectivity index (χ2v) is 6.53. The maximum absolute atomic E-state index is 6.29. The van der Waals surface area contributed by atoms with E-state index in [4.69, 9.17) is 23.2 Å². The molecule has 2 aromatic rings. The van der Waals surface area contributed by atoms with Crippen molar-refractivity contribution in [3.8, 4) is 0 Å². The lowest BCUT2D eigenvalue weighted by Gasteiger charge is -2.27. The summed E-state index contributed by atoms with van der Waals surface area (Å²) in [5.74, 6) is 0.469. The van der Waals surface area contributed by atoms with Gasteiger partial charge in [-0.15, -0.1) is 0 Å². The number of benzene rings is 2. The van der Waals surface area contributed by atoms with E-state index in [1.807, 2.05) is 30.3 Å². The summed E-state index contributed by atoms with van der Waals surface area (Å²) in [7, 11) is 0. The van der Waals surface area contributed by atoms with Crippen molar-refractivity contribution in [2.75, 3.05) is 0 Å². The van der Waals surface area contributed by atoms with Crippen LogP contribution < -0.4 is 5.32 Å². The molecule has 21 heavy (non-hydrogen) atoms. The third-order valence-electron chi connectivity index (χ3n) is 3.70. The second-order valence-electron chi connectivity index (χ2n) is 5.68. The molecule has 0 saturated carbocycles. The third-order valence-corrected chi connectivity index (χ3v) is 4.29. The van der Waals surface area contributed by atoms with Crippen molar-refractivity contribution in [3.63, 3.8) is 0 Å². The molecule has 0 radical (unpaired) electrons. The normalized spacial score (nSPS) is 14.2. The molecule has 0 aliphatic rings. The number of halogens is 2. The maximum Gasteiger partial charge on any atom is 0.0453 e. The van der Waals surface area contributed by atoms with Crippen molar-refractivity contribution in [3.05, 3.63) is 69.7 Å². The number of hydrogen-bond donors (Lipinski definition) is 1. The average molecular weight is 322 g/mol. The van der Waals surface area contributed by atoms with Gasteiger partial charge in [-0.1, -0.05) is 67.4 Å². The van der Waals surface area contributed by atoms with Crippen LogP contribution in [0, 0.1) is 5.92 Å². The lowest BCUT2D eigenvalue weighted by Crippen LogP contribution is -2.28. The fourth-order valence-corrected chi connectivity index (χ4v) is 2.95. The van der Waals surface area contributed by atoms with Gasteiger partial charge in [-0.3, -0.25) is 0 Å². The Bertz CT molecular complexity index is 578. The molecular formula is C18H21Cl2N. The summed E-state index contributed by atoms with van der Waals surface area (Å²) in [6.45, 7) is 6.57. The predicted octanol–water partition coefficient (Wildman–Crippen LogP) is 6.04. The zero-order chi connectivity index (χ0) is 15.4. The van der Waals surface area contributed by atoms with Crippen LogP contribution in [0.2, 0.25) is 10.0 Å². The van der Waals surface area contributed by atoms with Gasteiger partial charge >= 0.3 is 0 Å². The molecule has 0 spiro atoms. The van der Waals surface area contributed by atoms with Crippen LogP contribution in [0.5, 0.6) is 0 Å². The highest BCUT2D eigenvalue weighted by Gasteiger charge is 2.19. The van der Waals surface area contributed by atoms with Gasteiger partial charge in [0.1, 0.15) is 0 Å². The van der Waals surface area contributed by atoms with E-state index in [9.17, 15) is 0 Å². The first-order valence-corrected chi connectivity index (χ1v) is 8.00. The van der Waals surface area contributed by atoms with E-state index in [1.54, 1.807) is 0 Å². The number of rotatable bonds is 5. The van der Waals surface area contributed by atoms with Crippen molar-refractivity contribution in [2.24, 2.45) is 5.92 Å². The topological polar surface area (TPSA) is 12.0 Å². The number of hydrogen-bond acceptors (Lipinski definition) is 1. The molecule has 2 aromatic carbocycles. The van der Waals surface area contributed by atoms with Crippen molar-refractivity contribution >= 4 is 23.2 Å². The molecule has 0 aliphatic carbocycles. The Balaban J connectivity index is 2.20. The molecule has 2 rings (SSSR count). The monoisotopic (exact) mass is 321 g/mol. The molecule has 0 bridgehead atoms. The average Bonchev–Trinajstić information content (AvgIpc) is 2.46. The Labute approximate surface area is 137 Å². The van der Waals surface area contributed by atoms with Gasteiger partial charge in [0.25, 0.3) is 0 Å². The molecule has 0 aromatic heterocycles.